The van der Waals surface area contributed by atoms with Crippen LogP contribution >= 0.6 is 0 Å². The highest BCUT2D eigenvalue weighted by molar-refractivity contribution is 4.95. The molecule has 0 heterocycles. The third kappa shape index (κ3) is 2.54. The molecule has 0 radical (unpaired) electrons. The van der Waals surface area contributed by atoms with Crippen LogP contribution in [-0.2, 0) is 0 Å². The number of rotatable bonds is 3. The highest BCUT2D eigenvalue weighted by Crippen LogP contribution is 2.12. The molecule has 0 rings (SSSR count). The fourth-order valence-electron chi connectivity index (χ4n) is 0.676. The van der Waals surface area contributed by atoms with Crippen LogP contribution in [0.15, 0.2) is 12.3 Å². The Morgan fingerprint density at radius 3 is 2.11 bits per heavy atom. The van der Waals surface area contributed by atoms with E-state index in [-0.39, 0.29) is 0 Å². The largest absolute Gasteiger partial charge is 0.381 e. The predicted molar refractivity (Wildman–Crippen MR) is 42.3 cm³/mol. The molecule has 1 nitrogen and oxygen atoms in total. The summed E-state index contributed by atoms with van der Waals surface area (Å²) in [5, 5.41) is 0. The van der Waals surface area contributed by atoms with Crippen molar-refractivity contribution in [1.29, 1.82) is 0 Å². The minimum atomic E-state index is 0.625. The van der Waals surface area contributed by atoms with Gasteiger partial charge in [-0.1, -0.05) is 20.4 Å². The highest BCUT2D eigenvalue weighted by atomic mass is 15.1. The van der Waals surface area contributed by atoms with E-state index in [1.165, 1.54) is 12.1 Å². The molecule has 0 aliphatic rings. The monoisotopic (exact) mass is 127 g/mol. The summed E-state index contributed by atoms with van der Waals surface area (Å²) in [6.45, 7) is 8.33. The van der Waals surface area contributed by atoms with Gasteiger partial charge in [-0.25, -0.2) is 0 Å². The number of hydrogen-bond donors (Lipinski definition) is 0. The van der Waals surface area contributed by atoms with Gasteiger partial charge in [0.05, 0.1) is 0 Å². The molecule has 1 heteroatoms. The van der Waals surface area contributed by atoms with Gasteiger partial charge in [0.1, 0.15) is 0 Å². The summed E-state index contributed by atoms with van der Waals surface area (Å²) in [4.78, 5) is 2.08. The summed E-state index contributed by atoms with van der Waals surface area (Å²) in [6.07, 6.45) is 1.18. The Balaban J connectivity index is 3.73. The van der Waals surface area contributed by atoms with Crippen molar-refractivity contribution < 1.29 is 0 Å². The van der Waals surface area contributed by atoms with Crippen molar-refractivity contribution in [1.82, 2.24) is 4.90 Å². The van der Waals surface area contributed by atoms with Gasteiger partial charge in [0.15, 0.2) is 0 Å². The molecule has 1 atom stereocenters. The SMILES string of the molecule is C=C(C(C)CC)N(C)C. The molecule has 0 spiro atoms. The van der Waals surface area contributed by atoms with Gasteiger partial charge >= 0.3 is 0 Å². The van der Waals surface area contributed by atoms with E-state index in [2.05, 4.69) is 25.3 Å². The van der Waals surface area contributed by atoms with Crippen LogP contribution in [0.4, 0.5) is 0 Å². The molecule has 0 N–H and O–H groups in total. The van der Waals surface area contributed by atoms with Gasteiger partial charge in [-0.05, 0) is 12.3 Å². The molecule has 9 heavy (non-hydrogen) atoms. The van der Waals surface area contributed by atoms with Crippen LogP contribution in [0.5, 0.6) is 0 Å². The Labute approximate surface area is 58.4 Å². The van der Waals surface area contributed by atoms with Gasteiger partial charge < -0.3 is 4.90 Å². The van der Waals surface area contributed by atoms with E-state index in [0.717, 1.165) is 0 Å². The molecule has 0 amide bonds. The molecule has 0 fully saturated rings. The molecule has 0 aromatic carbocycles. The molecule has 0 aromatic heterocycles. The van der Waals surface area contributed by atoms with Gasteiger partial charge in [0, 0.05) is 19.8 Å². The quantitative estimate of drug-likeness (QED) is 0.561. The summed E-state index contributed by atoms with van der Waals surface area (Å²) >= 11 is 0. The van der Waals surface area contributed by atoms with Crippen LogP contribution in [0.3, 0.4) is 0 Å². The lowest BCUT2D eigenvalue weighted by Gasteiger charge is -2.20. The van der Waals surface area contributed by atoms with E-state index >= 15 is 0 Å². The molecular weight excluding hydrogens is 110 g/mol. The molecule has 0 aliphatic heterocycles. The molecule has 0 aliphatic carbocycles. The van der Waals surface area contributed by atoms with Gasteiger partial charge in [-0.3, -0.25) is 0 Å². The Hall–Kier alpha value is -0.460. The molecule has 0 aromatic rings. The van der Waals surface area contributed by atoms with E-state index in [0.29, 0.717) is 5.92 Å². The van der Waals surface area contributed by atoms with Crippen LogP contribution in [0.1, 0.15) is 20.3 Å². The maximum atomic E-state index is 3.95. The molecule has 1 unspecified atom stereocenters. The molecule has 54 valence electrons. The van der Waals surface area contributed by atoms with Crippen molar-refractivity contribution in [3.05, 3.63) is 12.3 Å². The first-order chi connectivity index (χ1) is 4.09. The third-order valence-corrected chi connectivity index (χ3v) is 1.76. The second-order valence-corrected chi connectivity index (χ2v) is 2.70. The van der Waals surface area contributed by atoms with E-state index in [1.807, 2.05) is 14.1 Å². The Morgan fingerprint density at radius 1 is 1.56 bits per heavy atom. The van der Waals surface area contributed by atoms with E-state index in [9.17, 15) is 0 Å². The third-order valence-electron chi connectivity index (χ3n) is 1.76. The first-order valence-corrected chi connectivity index (χ1v) is 3.45. The average molecular weight is 127 g/mol. The topological polar surface area (TPSA) is 3.24 Å². The van der Waals surface area contributed by atoms with Crippen LogP contribution in [0.2, 0.25) is 0 Å². The van der Waals surface area contributed by atoms with Gasteiger partial charge in [-0.15, -0.1) is 0 Å². The lowest BCUT2D eigenvalue weighted by molar-refractivity contribution is 0.428. The van der Waals surface area contributed by atoms with E-state index < -0.39 is 0 Å². The Kier molecular flexibility index (Phi) is 3.36. The first-order valence-electron chi connectivity index (χ1n) is 3.45. The van der Waals surface area contributed by atoms with E-state index in [1.54, 1.807) is 0 Å². The standard InChI is InChI=1S/C8H17N/c1-6-7(2)8(3)9(4)5/h7H,3,6H2,1-2,4-5H3. The van der Waals surface area contributed by atoms with Crippen LogP contribution in [0.25, 0.3) is 0 Å². The fraction of sp³-hybridized carbons (Fsp3) is 0.750. The summed E-state index contributed by atoms with van der Waals surface area (Å²) < 4.78 is 0. The molecule has 0 saturated carbocycles. The first kappa shape index (κ1) is 8.54. The predicted octanol–water partition coefficient (Wildman–Crippen LogP) is 2.11. The van der Waals surface area contributed by atoms with Gasteiger partial charge in [0.2, 0.25) is 0 Å². The van der Waals surface area contributed by atoms with Crippen molar-refractivity contribution >= 4 is 0 Å². The van der Waals surface area contributed by atoms with Crippen LogP contribution in [0, 0.1) is 5.92 Å². The second kappa shape index (κ2) is 3.54. The second-order valence-electron chi connectivity index (χ2n) is 2.70. The molecule has 0 bridgehead atoms. The zero-order valence-corrected chi connectivity index (χ0v) is 6.94. The minimum Gasteiger partial charge on any atom is -0.381 e. The minimum absolute atomic E-state index is 0.625. The molecular formula is C8H17N. The maximum absolute atomic E-state index is 3.95. The van der Waals surface area contributed by atoms with Crippen LogP contribution < -0.4 is 0 Å². The smallest absolute Gasteiger partial charge is 0.00831 e. The normalized spacial score (nSPS) is 12.9. The summed E-state index contributed by atoms with van der Waals surface area (Å²) in [5.74, 6) is 0.625. The fourth-order valence-corrected chi connectivity index (χ4v) is 0.676. The van der Waals surface area contributed by atoms with Crippen molar-refractivity contribution in [3.8, 4) is 0 Å². The zero-order valence-electron chi connectivity index (χ0n) is 6.94. The van der Waals surface area contributed by atoms with Crippen molar-refractivity contribution in [2.24, 2.45) is 5.92 Å². The maximum Gasteiger partial charge on any atom is 0.00831 e. The highest BCUT2D eigenvalue weighted by Gasteiger charge is 2.03. The van der Waals surface area contributed by atoms with Gasteiger partial charge in [-0.2, -0.15) is 0 Å². The number of hydrogen-bond acceptors (Lipinski definition) is 1. The summed E-state index contributed by atoms with van der Waals surface area (Å²) in [5.41, 5.74) is 1.22. The lowest BCUT2D eigenvalue weighted by atomic mass is 10.1. The summed E-state index contributed by atoms with van der Waals surface area (Å²) in [6, 6.07) is 0. The van der Waals surface area contributed by atoms with E-state index in [4.69, 9.17) is 0 Å². The Bertz CT molecular complexity index is 94.7. The zero-order chi connectivity index (χ0) is 7.44. The lowest BCUT2D eigenvalue weighted by Crippen LogP contribution is -2.15. The van der Waals surface area contributed by atoms with Crippen molar-refractivity contribution in [2.45, 2.75) is 20.3 Å². The molecule has 0 saturated heterocycles. The van der Waals surface area contributed by atoms with Crippen molar-refractivity contribution in [3.63, 3.8) is 0 Å². The number of nitrogens with zero attached hydrogens (tertiary/aromatic N) is 1. The van der Waals surface area contributed by atoms with Gasteiger partial charge in [0.25, 0.3) is 0 Å². The Morgan fingerprint density at radius 2 is 2.00 bits per heavy atom. The van der Waals surface area contributed by atoms with Crippen molar-refractivity contribution in [2.75, 3.05) is 14.1 Å². The summed E-state index contributed by atoms with van der Waals surface area (Å²) in [7, 11) is 4.07. The number of allylic oxidation sites excluding steroid dienone is 1. The van der Waals surface area contributed by atoms with Crippen LogP contribution in [-0.4, -0.2) is 19.0 Å². The average Bonchev–Trinajstić information content (AvgIpc) is 1.84.